The van der Waals surface area contributed by atoms with Crippen molar-refractivity contribution >= 4 is 12.6 Å². The van der Waals surface area contributed by atoms with E-state index >= 15 is 0 Å². The second-order valence-corrected chi connectivity index (χ2v) is 5.09. The fourth-order valence-electron chi connectivity index (χ4n) is 2.45. The van der Waals surface area contributed by atoms with Crippen LogP contribution in [0.4, 0.5) is 0 Å². The van der Waals surface area contributed by atoms with Crippen molar-refractivity contribution in [1.29, 1.82) is 0 Å². The molecule has 2 rings (SSSR count). The topological polar surface area (TPSA) is 9.23 Å². The molecule has 1 heterocycles. The van der Waals surface area contributed by atoms with Crippen molar-refractivity contribution in [2.45, 2.75) is 30.4 Å². The molecular weight excluding hydrogens is 204 g/mol. The van der Waals surface area contributed by atoms with Crippen LogP contribution in [0.5, 0.6) is 0 Å². The van der Waals surface area contributed by atoms with E-state index in [1.54, 1.807) is 0 Å². The first-order valence-corrected chi connectivity index (χ1v) is 6.09. The zero-order valence-electron chi connectivity index (χ0n) is 9.15. The Morgan fingerprint density at radius 2 is 1.80 bits per heavy atom. The summed E-state index contributed by atoms with van der Waals surface area (Å²) in [4.78, 5) is 0. The van der Waals surface area contributed by atoms with Crippen molar-refractivity contribution in [2.24, 2.45) is 0 Å². The fraction of sp³-hybridized carbons (Fsp3) is 0.538. The number of hydrogen-bond acceptors (Lipinski definition) is 2. The molecule has 1 aromatic carbocycles. The van der Waals surface area contributed by atoms with E-state index in [1.165, 1.54) is 5.56 Å². The fourth-order valence-corrected chi connectivity index (χ4v) is 2.86. The number of thiol groups is 1. The highest BCUT2D eigenvalue weighted by molar-refractivity contribution is 7.81. The normalized spacial score (nSPS) is 22.3. The number of benzene rings is 1. The number of hydrogen-bond donors (Lipinski definition) is 1. The van der Waals surface area contributed by atoms with Crippen LogP contribution in [0.25, 0.3) is 0 Å². The molecule has 0 saturated carbocycles. The lowest BCUT2D eigenvalue weighted by Crippen LogP contribution is -2.40. The first kappa shape index (κ1) is 11.0. The summed E-state index contributed by atoms with van der Waals surface area (Å²) in [6, 6.07) is 10.7. The lowest BCUT2D eigenvalue weighted by atomic mass is 9.72. The maximum absolute atomic E-state index is 5.46. The molecule has 1 nitrogen and oxygen atoms in total. The molecule has 0 bridgehead atoms. The largest absolute Gasteiger partial charge is 0.381 e. The van der Waals surface area contributed by atoms with Crippen molar-refractivity contribution < 1.29 is 4.74 Å². The highest BCUT2D eigenvalue weighted by atomic mass is 32.1. The van der Waals surface area contributed by atoms with E-state index in [9.17, 15) is 0 Å². The Morgan fingerprint density at radius 3 is 2.33 bits per heavy atom. The van der Waals surface area contributed by atoms with Crippen molar-refractivity contribution in [3.8, 4) is 0 Å². The van der Waals surface area contributed by atoms with Crippen LogP contribution in [-0.4, -0.2) is 18.5 Å². The second kappa shape index (κ2) is 4.58. The minimum atomic E-state index is 0.211. The lowest BCUT2D eigenvalue weighted by Gasteiger charge is -2.40. The molecule has 1 aromatic rings. The van der Waals surface area contributed by atoms with Gasteiger partial charge in [0.1, 0.15) is 0 Å². The third-order valence-electron chi connectivity index (χ3n) is 3.53. The Labute approximate surface area is 97.2 Å². The van der Waals surface area contributed by atoms with Gasteiger partial charge in [0.05, 0.1) is 0 Å². The molecule has 1 fully saturated rings. The van der Waals surface area contributed by atoms with E-state index in [0.717, 1.165) is 26.1 Å². The average Bonchev–Trinajstić information content (AvgIpc) is 2.31. The molecule has 1 aliphatic heterocycles. The molecule has 0 aromatic heterocycles. The summed E-state index contributed by atoms with van der Waals surface area (Å²) in [6.07, 6.45) is 2.17. The summed E-state index contributed by atoms with van der Waals surface area (Å²) in [7, 11) is 0. The maximum atomic E-state index is 5.46. The highest BCUT2D eigenvalue weighted by Gasteiger charge is 2.37. The van der Waals surface area contributed by atoms with E-state index in [0.29, 0.717) is 5.25 Å². The van der Waals surface area contributed by atoms with Crippen LogP contribution in [0.15, 0.2) is 30.3 Å². The zero-order valence-corrected chi connectivity index (χ0v) is 10.0. The maximum Gasteiger partial charge on any atom is 0.0474 e. The molecule has 1 atom stereocenters. The summed E-state index contributed by atoms with van der Waals surface area (Å²) in [6.45, 7) is 3.92. The molecular formula is C13H18OS. The monoisotopic (exact) mass is 222 g/mol. The molecule has 0 spiro atoms. The van der Waals surface area contributed by atoms with Crippen molar-refractivity contribution in [1.82, 2.24) is 0 Å². The Balaban J connectivity index is 2.34. The minimum absolute atomic E-state index is 0.211. The second-order valence-electron chi connectivity index (χ2n) is 4.31. The molecule has 1 saturated heterocycles. The van der Waals surface area contributed by atoms with Crippen LogP contribution in [0.3, 0.4) is 0 Å². The molecule has 1 unspecified atom stereocenters. The van der Waals surface area contributed by atoms with Gasteiger partial charge < -0.3 is 4.74 Å². The predicted molar refractivity (Wildman–Crippen MR) is 66.6 cm³/mol. The van der Waals surface area contributed by atoms with Gasteiger partial charge in [-0.1, -0.05) is 37.3 Å². The summed E-state index contributed by atoms with van der Waals surface area (Å²) >= 11 is 4.68. The van der Waals surface area contributed by atoms with E-state index in [1.807, 2.05) is 0 Å². The lowest BCUT2D eigenvalue weighted by molar-refractivity contribution is 0.0507. The number of rotatable bonds is 2. The summed E-state index contributed by atoms with van der Waals surface area (Å²) in [5.74, 6) is 0. The van der Waals surface area contributed by atoms with Gasteiger partial charge in [0, 0.05) is 23.9 Å². The molecule has 0 radical (unpaired) electrons. The molecule has 15 heavy (non-hydrogen) atoms. The quantitative estimate of drug-likeness (QED) is 0.757. The summed E-state index contributed by atoms with van der Waals surface area (Å²) < 4.78 is 5.46. The molecule has 82 valence electrons. The minimum Gasteiger partial charge on any atom is -0.381 e. The van der Waals surface area contributed by atoms with E-state index in [-0.39, 0.29) is 5.41 Å². The van der Waals surface area contributed by atoms with Gasteiger partial charge in [-0.25, -0.2) is 0 Å². The third kappa shape index (κ3) is 2.06. The van der Waals surface area contributed by atoms with Crippen molar-refractivity contribution in [3.63, 3.8) is 0 Å². The van der Waals surface area contributed by atoms with Crippen molar-refractivity contribution in [2.75, 3.05) is 13.2 Å². The van der Waals surface area contributed by atoms with Gasteiger partial charge in [-0.3, -0.25) is 0 Å². The molecule has 0 aliphatic carbocycles. The molecule has 2 heteroatoms. The molecule has 0 amide bonds. The summed E-state index contributed by atoms with van der Waals surface area (Å²) in [5, 5.41) is 0.379. The Hall–Kier alpha value is -0.470. The first-order chi connectivity index (χ1) is 7.26. The third-order valence-corrected chi connectivity index (χ3v) is 4.03. The van der Waals surface area contributed by atoms with Gasteiger partial charge in [0.2, 0.25) is 0 Å². The standard InChI is InChI=1S/C13H18OS/c1-11(15)13(7-9-14-10-8-13)12-5-3-2-4-6-12/h2-6,11,15H,7-10H2,1H3. The van der Waals surface area contributed by atoms with Crippen LogP contribution < -0.4 is 0 Å². The highest BCUT2D eigenvalue weighted by Crippen LogP contribution is 2.40. The van der Waals surface area contributed by atoms with E-state index < -0.39 is 0 Å². The zero-order chi connectivity index (χ0) is 10.7. The first-order valence-electron chi connectivity index (χ1n) is 5.57. The van der Waals surface area contributed by atoms with Gasteiger partial charge in [-0.2, -0.15) is 12.6 Å². The smallest absolute Gasteiger partial charge is 0.0474 e. The van der Waals surface area contributed by atoms with Gasteiger partial charge >= 0.3 is 0 Å². The van der Waals surface area contributed by atoms with Gasteiger partial charge in [0.15, 0.2) is 0 Å². The van der Waals surface area contributed by atoms with Crippen LogP contribution in [0.1, 0.15) is 25.3 Å². The molecule has 1 aliphatic rings. The van der Waals surface area contributed by atoms with Crippen LogP contribution in [-0.2, 0) is 10.2 Å². The van der Waals surface area contributed by atoms with Crippen molar-refractivity contribution in [3.05, 3.63) is 35.9 Å². The van der Waals surface area contributed by atoms with E-state index in [2.05, 4.69) is 49.9 Å². The van der Waals surface area contributed by atoms with Gasteiger partial charge in [0.25, 0.3) is 0 Å². The Morgan fingerprint density at radius 1 is 1.20 bits per heavy atom. The van der Waals surface area contributed by atoms with Gasteiger partial charge in [-0.05, 0) is 18.4 Å². The predicted octanol–water partition coefficient (Wildman–Crippen LogP) is 3.05. The van der Waals surface area contributed by atoms with Crippen LogP contribution in [0, 0.1) is 0 Å². The summed E-state index contributed by atoms with van der Waals surface area (Å²) in [5.41, 5.74) is 1.62. The Kier molecular flexibility index (Phi) is 3.37. The SMILES string of the molecule is CC(S)C1(c2ccccc2)CCOCC1. The van der Waals surface area contributed by atoms with Crippen LogP contribution >= 0.6 is 12.6 Å². The average molecular weight is 222 g/mol. The van der Waals surface area contributed by atoms with E-state index in [4.69, 9.17) is 4.74 Å². The number of ether oxygens (including phenoxy) is 1. The Bertz CT molecular complexity index is 302. The van der Waals surface area contributed by atoms with Gasteiger partial charge in [-0.15, -0.1) is 0 Å². The molecule has 0 N–H and O–H groups in total. The van der Waals surface area contributed by atoms with Crippen LogP contribution in [0.2, 0.25) is 0 Å².